The Hall–Kier alpha value is -0.870. The van der Waals surface area contributed by atoms with Gasteiger partial charge < -0.3 is 0 Å². The van der Waals surface area contributed by atoms with E-state index in [9.17, 15) is 8.42 Å². The van der Waals surface area contributed by atoms with Gasteiger partial charge in [0.15, 0.2) is 0 Å². The summed E-state index contributed by atoms with van der Waals surface area (Å²) >= 11 is 0. The average molecular weight is 290 g/mol. The van der Waals surface area contributed by atoms with Crippen LogP contribution in [0, 0.1) is 20.8 Å². The molecule has 4 heteroatoms. The lowest BCUT2D eigenvalue weighted by Gasteiger charge is -2.06. The molecule has 0 fully saturated rings. The minimum atomic E-state index is -4.07. The SMILES string of the molecule is CC.CC.CC.Cc1cc(C)c(S(=O)(=O)O)cc1C. The molecule has 0 spiro atoms. The van der Waals surface area contributed by atoms with Gasteiger partial charge in [0, 0.05) is 0 Å². The van der Waals surface area contributed by atoms with Crippen LogP contribution in [-0.2, 0) is 10.1 Å². The monoisotopic (exact) mass is 290 g/mol. The quantitative estimate of drug-likeness (QED) is 0.745. The van der Waals surface area contributed by atoms with E-state index < -0.39 is 10.1 Å². The summed E-state index contributed by atoms with van der Waals surface area (Å²) in [6, 6.07) is 3.23. The highest BCUT2D eigenvalue weighted by Gasteiger charge is 2.13. The second-order valence-electron chi connectivity index (χ2n) is 3.18. The third-order valence-electron chi connectivity index (χ3n) is 2.07. The molecule has 0 atom stereocenters. The average Bonchev–Trinajstić information content (AvgIpc) is 2.39. The first kappa shape index (κ1) is 23.2. The fourth-order valence-electron chi connectivity index (χ4n) is 1.21. The van der Waals surface area contributed by atoms with Crippen LogP contribution in [0.1, 0.15) is 58.2 Å². The van der Waals surface area contributed by atoms with Crippen LogP contribution in [0.2, 0.25) is 0 Å². The lowest BCUT2D eigenvalue weighted by atomic mass is 10.1. The van der Waals surface area contributed by atoms with Gasteiger partial charge in [-0.25, -0.2) is 0 Å². The minimum Gasteiger partial charge on any atom is -0.282 e. The van der Waals surface area contributed by atoms with Crippen molar-refractivity contribution >= 4 is 10.1 Å². The van der Waals surface area contributed by atoms with Gasteiger partial charge >= 0.3 is 0 Å². The van der Waals surface area contributed by atoms with Crippen LogP contribution in [0.15, 0.2) is 17.0 Å². The largest absolute Gasteiger partial charge is 0.294 e. The molecule has 0 aliphatic heterocycles. The van der Waals surface area contributed by atoms with E-state index >= 15 is 0 Å². The molecule has 0 aromatic heterocycles. The maximum absolute atomic E-state index is 10.9. The highest BCUT2D eigenvalue weighted by Crippen LogP contribution is 2.19. The molecule has 0 aliphatic rings. The van der Waals surface area contributed by atoms with Gasteiger partial charge in [-0.1, -0.05) is 47.6 Å². The number of hydrogen-bond donors (Lipinski definition) is 1. The molecular formula is C15H30O3S. The van der Waals surface area contributed by atoms with Crippen molar-refractivity contribution in [2.24, 2.45) is 0 Å². The zero-order valence-corrected chi connectivity index (χ0v) is 14.6. The zero-order chi connectivity index (χ0) is 16.2. The molecule has 0 unspecified atom stereocenters. The molecule has 0 heterocycles. The molecule has 1 aromatic carbocycles. The summed E-state index contributed by atoms with van der Waals surface area (Å²) in [6.45, 7) is 17.4. The Morgan fingerprint density at radius 1 is 0.737 bits per heavy atom. The van der Waals surface area contributed by atoms with Crippen molar-refractivity contribution in [3.8, 4) is 0 Å². The number of benzene rings is 1. The molecular weight excluding hydrogens is 260 g/mol. The number of rotatable bonds is 1. The van der Waals surface area contributed by atoms with Crippen molar-refractivity contribution < 1.29 is 13.0 Å². The lowest BCUT2D eigenvalue weighted by molar-refractivity contribution is 0.482. The van der Waals surface area contributed by atoms with Crippen LogP contribution in [-0.4, -0.2) is 13.0 Å². The van der Waals surface area contributed by atoms with E-state index in [-0.39, 0.29) is 4.90 Å². The van der Waals surface area contributed by atoms with Gasteiger partial charge in [-0.3, -0.25) is 4.55 Å². The summed E-state index contributed by atoms with van der Waals surface area (Å²) in [5.74, 6) is 0. The van der Waals surface area contributed by atoms with Crippen LogP contribution in [0.5, 0.6) is 0 Å². The Balaban J connectivity index is -0.000000375. The summed E-state index contributed by atoms with van der Waals surface area (Å²) in [4.78, 5) is -0.00407. The van der Waals surface area contributed by atoms with Gasteiger partial charge in [-0.2, -0.15) is 8.42 Å². The van der Waals surface area contributed by atoms with Crippen molar-refractivity contribution in [3.05, 3.63) is 28.8 Å². The van der Waals surface area contributed by atoms with E-state index in [4.69, 9.17) is 4.55 Å². The fourth-order valence-corrected chi connectivity index (χ4v) is 2.00. The maximum atomic E-state index is 10.9. The highest BCUT2D eigenvalue weighted by atomic mass is 32.2. The summed E-state index contributed by atoms with van der Waals surface area (Å²) in [7, 11) is -4.07. The summed E-state index contributed by atoms with van der Waals surface area (Å²) in [5, 5.41) is 0. The topological polar surface area (TPSA) is 54.4 Å². The Morgan fingerprint density at radius 3 is 1.37 bits per heavy atom. The van der Waals surface area contributed by atoms with Gasteiger partial charge in [0.2, 0.25) is 0 Å². The van der Waals surface area contributed by atoms with Crippen LogP contribution >= 0.6 is 0 Å². The second kappa shape index (κ2) is 12.2. The van der Waals surface area contributed by atoms with Crippen LogP contribution in [0.3, 0.4) is 0 Å². The van der Waals surface area contributed by atoms with E-state index in [1.165, 1.54) is 6.07 Å². The molecule has 0 saturated carbocycles. The maximum Gasteiger partial charge on any atom is 0.294 e. The van der Waals surface area contributed by atoms with Crippen molar-refractivity contribution in [1.29, 1.82) is 0 Å². The molecule has 1 N–H and O–H groups in total. The summed E-state index contributed by atoms with van der Waals surface area (Å²) in [5.41, 5.74) is 2.45. The number of hydrogen-bond acceptors (Lipinski definition) is 2. The van der Waals surface area contributed by atoms with Crippen molar-refractivity contribution in [2.45, 2.75) is 67.2 Å². The molecule has 19 heavy (non-hydrogen) atoms. The summed E-state index contributed by atoms with van der Waals surface area (Å²) < 4.78 is 30.6. The fraction of sp³-hybridized carbons (Fsp3) is 0.600. The van der Waals surface area contributed by atoms with Crippen LogP contribution < -0.4 is 0 Å². The highest BCUT2D eigenvalue weighted by molar-refractivity contribution is 7.85. The van der Waals surface area contributed by atoms with Crippen molar-refractivity contribution in [2.75, 3.05) is 0 Å². The third-order valence-corrected chi connectivity index (χ3v) is 3.06. The molecule has 3 nitrogen and oxygen atoms in total. The smallest absolute Gasteiger partial charge is 0.282 e. The lowest BCUT2D eigenvalue weighted by Crippen LogP contribution is -2.02. The predicted molar refractivity (Wildman–Crippen MR) is 84.5 cm³/mol. The van der Waals surface area contributed by atoms with Crippen LogP contribution in [0.25, 0.3) is 0 Å². The van der Waals surface area contributed by atoms with E-state index in [1.807, 2.05) is 55.4 Å². The van der Waals surface area contributed by atoms with Crippen molar-refractivity contribution in [3.63, 3.8) is 0 Å². The van der Waals surface area contributed by atoms with E-state index in [2.05, 4.69) is 0 Å². The standard InChI is InChI=1S/C9H12O3S.3C2H6/c1-6-4-8(3)9(5-7(6)2)13(10,11)12;3*1-2/h4-5H,1-3H3,(H,10,11,12);3*1-2H3. The molecule has 0 saturated heterocycles. The molecule has 114 valence electrons. The van der Waals surface area contributed by atoms with Crippen molar-refractivity contribution in [1.82, 2.24) is 0 Å². The van der Waals surface area contributed by atoms with Crippen LogP contribution in [0.4, 0.5) is 0 Å². The van der Waals surface area contributed by atoms with Gasteiger partial charge in [0.05, 0.1) is 4.90 Å². The first-order valence-corrected chi connectivity index (χ1v) is 8.31. The molecule has 0 bridgehead atoms. The Morgan fingerprint density at radius 2 is 1.05 bits per heavy atom. The van der Waals surface area contributed by atoms with Gasteiger partial charge in [-0.05, 0) is 43.5 Å². The summed E-state index contributed by atoms with van der Waals surface area (Å²) in [6.07, 6.45) is 0. The van der Waals surface area contributed by atoms with E-state index in [0.717, 1.165) is 11.1 Å². The third kappa shape index (κ3) is 8.78. The molecule has 1 aromatic rings. The first-order chi connectivity index (χ1) is 8.82. The second-order valence-corrected chi connectivity index (χ2v) is 4.57. The van der Waals surface area contributed by atoms with Gasteiger partial charge in [0.1, 0.15) is 0 Å². The molecule has 1 rings (SSSR count). The molecule has 0 aliphatic carbocycles. The zero-order valence-electron chi connectivity index (χ0n) is 13.8. The van der Waals surface area contributed by atoms with E-state index in [0.29, 0.717) is 5.56 Å². The first-order valence-electron chi connectivity index (χ1n) is 6.87. The normalized spacial score (nSPS) is 8.95. The molecule has 0 amide bonds. The number of aryl methyl sites for hydroxylation is 3. The Kier molecular flexibility index (Phi) is 14.9. The predicted octanol–water partition coefficient (Wildman–Crippen LogP) is 4.94. The Bertz CT molecular complexity index is 435. The van der Waals surface area contributed by atoms with E-state index in [1.54, 1.807) is 13.0 Å². The minimum absolute atomic E-state index is 0.00407. The van der Waals surface area contributed by atoms with Gasteiger partial charge in [-0.15, -0.1) is 0 Å². The van der Waals surface area contributed by atoms with Gasteiger partial charge in [0.25, 0.3) is 10.1 Å². The molecule has 0 radical (unpaired) electrons. The Labute approximate surface area is 119 Å².